The molecular weight excluding hydrogens is 416 g/mol. The summed E-state index contributed by atoms with van der Waals surface area (Å²) in [5, 5.41) is 3.72. The van der Waals surface area contributed by atoms with Gasteiger partial charge in [0, 0.05) is 30.3 Å². The number of anilines is 2. The standard InChI is InChI=1S/C22H26N4O2S2/c1-13-10-14(8-9-16(13)26(2)3)23-19(27)12-29-11-18-24-21(28)20-15-6-4-5-7-17(15)30-22(20)25-18/h8-10H,4-7,11-12H2,1-3H3,(H,23,27)(H,24,25,28). The number of fused-ring (bicyclic) bond motifs is 3. The highest BCUT2D eigenvalue weighted by Gasteiger charge is 2.19. The molecule has 1 aromatic carbocycles. The van der Waals surface area contributed by atoms with Gasteiger partial charge in [-0.2, -0.15) is 0 Å². The number of aromatic nitrogens is 2. The third kappa shape index (κ3) is 4.39. The first kappa shape index (κ1) is 20.9. The van der Waals surface area contributed by atoms with Gasteiger partial charge in [-0.15, -0.1) is 23.1 Å². The molecule has 2 heterocycles. The normalized spacial score (nSPS) is 13.3. The maximum absolute atomic E-state index is 12.6. The Balaban J connectivity index is 1.37. The van der Waals surface area contributed by atoms with Crippen LogP contribution < -0.4 is 15.8 Å². The Morgan fingerprint density at radius 1 is 1.30 bits per heavy atom. The lowest BCUT2D eigenvalue weighted by Gasteiger charge is -2.16. The Morgan fingerprint density at radius 2 is 2.10 bits per heavy atom. The van der Waals surface area contributed by atoms with Gasteiger partial charge >= 0.3 is 0 Å². The fourth-order valence-electron chi connectivity index (χ4n) is 3.95. The number of hydrogen-bond donors (Lipinski definition) is 2. The van der Waals surface area contributed by atoms with Gasteiger partial charge < -0.3 is 15.2 Å². The number of amides is 1. The summed E-state index contributed by atoms with van der Waals surface area (Å²) in [5.74, 6) is 1.37. The number of nitrogens with one attached hydrogen (secondary N) is 2. The summed E-state index contributed by atoms with van der Waals surface area (Å²) < 4.78 is 0. The number of nitrogens with zero attached hydrogens (tertiary/aromatic N) is 2. The highest BCUT2D eigenvalue weighted by molar-refractivity contribution is 7.99. The van der Waals surface area contributed by atoms with Crippen molar-refractivity contribution >= 4 is 50.6 Å². The maximum atomic E-state index is 12.6. The molecule has 6 nitrogen and oxygen atoms in total. The molecule has 1 aliphatic carbocycles. The zero-order valence-corrected chi connectivity index (χ0v) is 19.1. The van der Waals surface area contributed by atoms with Crippen molar-refractivity contribution in [1.82, 2.24) is 9.97 Å². The number of benzene rings is 1. The summed E-state index contributed by atoms with van der Waals surface area (Å²) in [6.45, 7) is 2.03. The predicted molar refractivity (Wildman–Crippen MR) is 127 cm³/mol. The second-order valence-corrected chi connectivity index (χ2v) is 9.91. The van der Waals surface area contributed by atoms with Crippen molar-refractivity contribution in [2.45, 2.75) is 38.4 Å². The van der Waals surface area contributed by atoms with E-state index in [4.69, 9.17) is 0 Å². The predicted octanol–water partition coefficient (Wildman–Crippen LogP) is 4.11. The number of aromatic amines is 1. The molecule has 4 rings (SSSR count). The second-order valence-electron chi connectivity index (χ2n) is 7.84. The molecule has 2 N–H and O–H groups in total. The summed E-state index contributed by atoms with van der Waals surface area (Å²) >= 11 is 3.10. The minimum absolute atomic E-state index is 0.0455. The molecule has 0 fully saturated rings. The van der Waals surface area contributed by atoms with E-state index < -0.39 is 0 Å². The molecular formula is C22H26N4O2S2. The lowest BCUT2D eigenvalue weighted by atomic mass is 9.97. The summed E-state index contributed by atoms with van der Waals surface area (Å²) in [7, 11) is 4.00. The van der Waals surface area contributed by atoms with Gasteiger partial charge in [0.2, 0.25) is 5.91 Å². The first-order valence-corrected chi connectivity index (χ1v) is 12.1. The first-order chi connectivity index (χ1) is 14.4. The number of carbonyl (C=O) groups is 1. The van der Waals surface area contributed by atoms with Crippen LogP contribution in [0.3, 0.4) is 0 Å². The molecule has 8 heteroatoms. The molecule has 0 spiro atoms. The van der Waals surface area contributed by atoms with Crippen LogP contribution in [-0.4, -0.2) is 35.7 Å². The molecule has 0 saturated carbocycles. The van der Waals surface area contributed by atoms with E-state index in [1.807, 2.05) is 44.1 Å². The Bertz CT molecular complexity index is 1150. The minimum atomic E-state index is -0.0629. The van der Waals surface area contributed by atoms with Gasteiger partial charge in [0.05, 0.1) is 16.9 Å². The molecule has 0 atom stereocenters. The molecule has 0 bridgehead atoms. The number of hydrogen-bond acceptors (Lipinski definition) is 6. The monoisotopic (exact) mass is 442 g/mol. The van der Waals surface area contributed by atoms with E-state index in [2.05, 4.69) is 15.3 Å². The Labute approximate surface area is 184 Å². The highest BCUT2D eigenvalue weighted by Crippen LogP contribution is 2.33. The van der Waals surface area contributed by atoms with Gasteiger partial charge in [-0.05, 0) is 61.9 Å². The van der Waals surface area contributed by atoms with Crippen LogP contribution in [0.4, 0.5) is 11.4 Å². The van der Waals surface area contributed by atoms with E-state index in [1.165, 1.54) is 28.6 Å². The number of H-pyrrole nitrogens is 1. The van der Waals surface area contributed by atoms with E-state index >= 15 is 0 Å². The molecule has 0 aliphatic heterocycles. The van der Waals surface area contributed by atoms with Crippen molar-refractivity contribution in [3.63, 3.8) is 0 Å². The van der Waals surface area contributed by atoms with Crippen LogP contribution in [0.15, 0.2) is 23.0 Å². The first-order valence-electron chi connectivity index (χ1n) is 10.1. The molecule has 2 aromatic heterocycles. The SMILES string of the molecule is Cc1cc(NC(=O)CSCc2nc3sc4c(c3c(=O)[nH]2)CCCC4)ccc1N(C)C. The summed E-state index contributed by atoms with van der Waals surface area (Å²) in [4.78, 5) is 36.7. The van der Waals surface area contributed by atoms with Gasteiger partial charge in [-0.25, -0.2) is 4.98 Å². The van der Waals surface area contributed by atoms with Crippen molar-refractivity contribution in [1.29, 1.82) is 0 Å². The van der Waals surface area contributed by atoms with Gasteiger partial charge in [-0.3, -0.25) is 9.59 Å². The largest absolute Gasteiger partial charge is 0.377 e. The second kappa shape index (κ2) is 8.81. The lowest BCUT2D eigenvalue weighted by molar-refractivity contribution is -0.113. The lowest BCUT2D eigenvalue weighted by Crippen LogP contribution is -2.16. The third-order valence-electron chi connectivity index (χ3n) is 5.31. The van der Waals surface area contributed by atoms with Crippen LogP contribution in [0.1, 0.15) is 34.7 Å². The van der Waals surface area contributed by atoms with E-state index in [0.29, 0.717) is 17.3 Å². The number of rotatable bonds is 6. The Hall–Kier alpha value is -2.32. The highest BCUT2D eigenvalue weighted by atomic mass is 32.2. The van der Waals surface area contributed by atoms with Crippen LogP contribution in [0.2, 0.25) is 0 Å². The third-order valence-corrected chi connectivity index (χ3v) is 7.44. The number of carbonyl (C=O) groups excluding carboxylic acids is 1. The topological polar surface area (TPSA) is 78.1 Å². The molecule has 1 amide bonds. The van der Waals surface area contributed by atoms with Crippen molar-refractivity contribution in [2.24, 2.45) is 0 Å². The summed E-state index contributed by atoms with van der Waals surface area (Å²) in [6.07, 6.45) is 4.35. The number of thiophene rings is 1. The maximum Gasteiger partial charge on any atom is 0.259 e. The Morgan fingerprint density at radius 3 is 2.87 bits per heavy atom. The van der Waals surface area contributed by atoms with E-state index in [1.54, 1.807) is 11.3 Å². The van der Waals surface area contributed by atoms with Gasteiger partial charge in [0.1, 0.15) is 10.7 Å². The summed E-state index contributed by atoms with van der Waals surface area (Å²) in [6, 6.07) is 5.89. The van der Waals surface area contributed by atoms with E-state index in [-0.39, 0.29) is 11.5 Å². The van der Waals surface area contributed by atoms with E-state index in [9.17, 15) is 9.59 Å². The molecule has 1 aliphatic rings. The van der Waals surface area contributed by atoms with Crippen molar-refractivity contribution < 1.29 is 4.79 Å². The fraction of sp³-hybridized carbons (Fsp3) is 0.409. The van der Waals surface area contributed by atoms with Crippen molar-refractivity contribution in [3.05, 3.63) is 50.4 Å². The van der Waals surface area contributed by atoms with Gasteiger partial charge in [-0.1, -0.05) is 0 Å². The molecule has 158 valence electrons. The smallest absolute Gasteiger partial charge is 0.259 e. The van der Waals surface area contributed by atoms with Crippen LogP contribution in [0, 0.1) is 6.92 Å². The van der Waals surface area contributed by atoms with Gasteiger partial charge in [0.25, 0.3) is 5.56 Å². The Kier molecular flexibility index (Phi) is 6.15. The minimum Gasteiger partial charge on any atom is -0.377 e. The molecule has 0 saturated heterocycles. The zero-order valence-electron chi connectivity index (χ0n) is 17.5. The molecule has 0 unspecified atom stereocenters. The quantitative estimate of drug-likeness (QED) is 0.601. The van der Waals surface area contributed by atoms with Crippen LogP contribution in [0.5, 0.6) is 0 Å². The number of thioether (sulfide) groups is 1. The molecule has 0 radical (unpaired) electrons. The van der Waals surface area contributed by atoms with Crippen LogP contribution in [-0.2, 0) is 23.4 Å². The average Bonchev–Trinajstić information content (AvgIpc) is 3.06. The van der Waals surface area contributed by atoms with E-state index in [0.717, 1.165) is 46.4 Å². The van der Waals surface area contributed by atoms with Crippen molar-refractivity contribution in [2.75, 3.05) is 30.1 Å². The molecule has 3 aromatic rings. The van der Waals surface area contributed by atoms with Crippen molar-refractivity contribution in [3.8, 4) is 0 Å². The van der Waals surface area contributed by atoms with Crippen LogP contribution in [0.25, 0.3) is 10.2 Å². The molecule has 30 heavy (non-hydrogen) atoms. The number of aryl methyl sites for hydroxylation is 3. The summed E-state index contributed by atoms with van der Waals surface area (Å²) in [5.41, 5.74) is 4.18. The zero-order chi connectivity index (χ0) is 21.3. The fourth-order valence-corrected chi connectivity index (χ4v) is 5.92. The van der Waals surface area contributed by atoms with Crippen LogP contribution >= 0.6 is 23.1 Å². The van der Waals surface area contributed by atoms with Gasteiger partial charge in [0.15, 0.2) is 0 Å². The average molecular weight is 443 g/mol.